The highest BCUT2D eigenvalue weighted by molar-refractivity contribution is 5.96. The van der Waals surface area contributed by atoms with Gasteiger partial charge in [0, 0.05) is 36.5 Å². The van der Waals surface area contributed by atoms with Crippen molar-refractivity contribution in [2.75, 3.05) is 14.1 Å². The Kier molecular flexibility index (Phi) is 6.66. The van der Waals surface area contributed by atoms with E-state index in [1.54, 1.807) is 30.3 Å². The van der Waals surface area contributed by atoms with Gasteiger partial charge in [-0.15, -0.1) is 0 Å². The maximum Gasteiger partial charge on any atom is 0.387 e. The number of hydrogen-bond acceptors (Lipinski definition) is 6. The summed E-state index contributed by atoms with van der Waals surface area (Å²) >= 11 is 0. The molecule has 1 amide bonds. The molecular formula is C28H27F2N5O3. The summed E-state index contributed by atoms with van der Waals surface area (Å²) in [4.78, 5) is 31.2. The molecule has 2 aliphatic heterocycles. The molecule has 2 unspecified atom stereocenters. The molecule has 2 aromatic carbocycles. The van der Waals surface area contributed by atoms with Crippen LogP contribution in [-0.2, 0) is 11.3 Å². The zero-order valence-corrected chi connectivity index (χ0v) is 21.2. The highest BCUT2D eigenvalue weighted by Crippen LogP contribution is 2.45. The standard InChI is InChI=1S/C27H25F2N5O2.CH2O/c1-14-5-4-6-22(36-27(28)29)23(14)21-11-19(30-2)25-32-18-8-7-15(10-20(18)34(21)25)16-9-17-13-33(3)26(35)24(17)31-12-16;1-2/h4-10,12,19,21,27,30H,11,13H2,1-3H3;1H2. The van der Waals surface area contributed by atoms with Crippen molar-refractivity contribution in [3.63, 3.8) is 0 Å². The average molecular weight is 520 g/mol. The molecule has 2 aromatic heterocycles. The molecule has 0 spiro atoms. The van der Waals surface area contributed by atoms with Crippen LogP contribution in [0.1, 0.15) is 51.5 Å². The van der Waals surface area contributed by atoms with E-state index in [2.05, 4.69) is 20.9 Å². The van der Waals surface area contributed by atoms with E-state index in [0.717, 1.165) is 44.7 Å². The second-order valence-electron chi connectivity index (χ2n) is 9.39. The minimum atomic E-state index is -2.91. The van der Waals surface area contributed by atoms with Gasteiger partial charge in [0.15, 0.2) is 0 Å². The largest absolute Gasteiger partial charge is 0.434 e. The molecule has 4 aromatic rings. The van der Waals surface area contributed by atoms with Gasteiger partial charge in [-0.2, -0.15) is 8.78 Å². The molecule has 2 atom stereocenters. The maximum atomic E-state index is 13.3. The Morgan fingerprint density at radius 2 is 1.95 bits per heavy atom. The normalized spacial score (nSPS) is 17.9. The molecule has 0 fully saturated rings. The van der Waals surface area contributed by atoms with Gasteiger partial charge < -0.3 is 24.3 Å². The van der Waals surface area contributed by atoms with Crippen molar-refractivity contribution < 1.29 is 23.1 Å². The van der Waals surface area contributed by atoms with E-state index >= 15 is 0 Å². The van der Waals surface area contributed by atoms with Crippen molar-refractivity contribution in [1.82, 2.24) is 24.8 Å². The molecule has 8 nitrogen and oxygen atoms in total. The number of aromatic nitrogens is 3. The summed E-state index contributed by atoms with van der Waals surface area (Å²) in [5.41, 5.74) is 6.61. The number of alkyl halides is 2. The zero-order chi connectivity index (χ0) is 27.1. The lowest BCUT2D eigenvalue weighted by molar-refractivity contribution is -0.0980. The number of pyridine rings is 1. The summed E-state index contributed by atoms with van der Waals surface area (Å²) in [5.74, 6) is 0.981. The fraction of sp³-hybridized carbons (Fsp3) is 0.286. The summed E-state index contributed by atoms with van der Waals surface area (Å²) in [6, 6.07) is 13.0. The van der Waals surface area contributed by atoms with Crippen molar-refractivity contribution in [2.24, 2.45) is 0 Å². The summed E-state index contributed by atoms with van der Waals surface area (Å²) in [5, 5.41) is 3.32. The predicted octanol–water partition coefficient (Wildman–Crippen LogP) is 4.66. The van der Waals surface area contributed by atoms with Crippen LogP contribution in [0.25, 0.3) is 22.2 Å². The lowest BCUT2D eigenvalue weighted by atomic mass is 9.96. The number of imidazole rings is 1. The Bertz CT molecular complexity index is 1540. The summed E-state index contributed by atoms with van der Waals surface area (Å²) in [6.45, 7) is 1.54. The third-order valence-electron chi connectivity index (χ3n) is 7.24. The number of rotatable bonds is 5. The first-order valence-corrected chi connectivity index (χ1v) is 12.1. The van der Waals surface area contributed by atoms with Gasteiger partial charge in [-0.1, -0.05) is 18.2 Å². The Morgan fingerprint density at radius 3 is 2.68 bits per heavy atom. The van der Waals surface area contributed by atoms with Crippen molar-refractivity contribution in [3.8, 4) is 16.9 Å². The van der Waals surface area contributed by atoms with Crippen LogP contribution >= 0.6 is 0 Å². The third kappa shape index (κ3) is 4.10. The van der Waals surface area contributed by atoms with Crippen molar-refractivity contribution >= 4 is 23.7 Å². The monoisotopic (exact) mass is 519 g/mol. The van der Waals surface area contributed by atoms with Crippen LogP contribution in [0, 0.1) is 6.92 Å². The number of ether oxygens (including phenoxy) is 1. The molecule has 2 aliphatic rings. The first-order valence-electron chi connectivity index (χ1n) is 12.1. The maximum absolute atomic E-state index is 13.3. The van der Waals surface area contributed by atoms with Gasteiger partial charge >= 0.3 is 6.61 Å². The van der Waals surface area contributed by atoms with Gasteiger partial charge in [-0.25, -0.2) is 4.98 Å². The van der Waals surface area contributed by atoms with E-state index in [9.17, 15) is 13.6 Å². The molecule has 0 radical (unpaired) electrons. The van der Waals surface area contributed by atoms with Crippen molar-refractivity contribution in [1.29, 1.82) is 0 Å². The Balaban J connectivity index is 0.00000144. The number of hydrogen-bond donors (Lipinski definition) is 1. The Morgan fingerprint density at radius 1 is 1.16 bits per heavy atom. The average Bonchev–Trinajstić information content (AvgIpc) is 3.54. The molecule has 196 valence electrons. The molecule has 0 bridgehead atoms. The molecule has 0 saturated carbocycles. The fourth-order valence-electron chi connectivity index (χ4n) is 5.56. The number of carbonyl (C=O) groups is 2. The van der Waals surface area contributed by atoms with Crippen LogP contribution in [0.3, 0.4) is 0 Å². The molecule has 10 heteroatoms. The van der Waals surface area contributed by atoms with Crippen LogP contribution in [0.2, 0.25) is 0 Å². The molecule has 0 saturated heterocycles. The van der Waals surface area contributed by atoms with Crippen LogP contribution in [-0.4, -0.2) is 52.8 Å². The zero-order valence-electron chi connectivity index (χ0n) is 21.2. The first kappa shape index (κ1) is 25.5. The number of aryl methyl sites for hydroxylation is 1. The topological polar surface area (TPSA) is 89.3 Å². The minimum absolute atomic E-state index is 0.0342. The Labute approximate surface area is 218 Å². The number of nitrogens with zero attached hydrogens (tertiary/aromatic N) is 4. The molecule has 0 aliphatic carbocycles. The van der Waals surface area contributed by atoms with Gasteiger partial charge in [-0.05, 0) is 55.8 Å². The molecular weight excluding hydrogens is 492 g/mol. The van der Waals surface area contributed by atoms with E-state index < -0.39 is 6.61 Å². The lowest BCUT2D eigenvalue weighted by Gasteiger charge is -2.21. The van der Waals surface area contributed by atoms with Crippen molar-refractivity contribution in [3.05, 3.63) is 76.9 Å². The summed E-state index contributed by atoms with van der Waals surface area (Å²) < 4.78 is 33.6. The van der Waals surface area contributed by atoms with E-state index in [0.29, 0.717) is 18.7 Å². The van der Waals surface area contributed by atoms with Gasteiger partial charge in [0.05, 0.1) is 23.1 Å². The predicted molar refractivity (Wildman–Crippen MR) is 138 cm³/mol. The second-order valence-corrected chi connectivity index (χ2v) is 9.39. The summed E-state index contributed by atoms with van der Waals surface area (Å²) in [6.07, 6.45) is 2.39. The van der Waals surface area contributed by atoms with E-state index in [-0.39, 0.29) is 23.7 Å². The number of halogens is 2. The number of amides is 1. The minimum Gasteiger partial charge on any atom is -0.434 e. The quantitative estimate of drug-likeness (QED) is 0.413. The van der Waals surface area contributed by atoms with Crippen LogP contribution in [0.4, 0.5) is 8.78 Å². The fourth-order valence-corrected chi connectivity index (χ4v) is 5.56. The highest BCUT2D eigenvalue weighted by Gasteiger charge is 2.37. The molecule has 38 heavy (non-hydrogen) atoms. The highest BCUT2D eigenvalue weighted by atomic mass is 19.3. The van der Waals surface area contributed by atoms with Gasteiger partial charge in [0.1, 0.15) is 24.1 Å². The van der Waals surface area contributed by atoms with Crippen LogP contribution in [0.5, 0.6) is 5.75 Å². The molecule has 1 N–H and O–H groups in total. The Hall–Kier alpha value is -4.18. The number of carbonyl (C=O) groups excluding carboxylic acids is 2. The third-order valence-corrected chi connectivity index (χ3v) is 7.24. The lowest BCUT2D eigenvalue weighted by Crippen LogP contribution is -2.18. The molecule has 4 heterocycles. The number of benzene rings is 2. The first-order chi connectivity index (χ1) is 18.4. The summed E-state index contributed by atoms with van der Waals surface area (Å²) in [7, 11) is 3.65. The van der Waals surface area contributed by atoms with Gasteiger partial charge in [0.25, 0.3) is 5.91 Å². The van der Waals surface area contributed by atoms with E-state index in [1.807, 2.05) is 45.0 Å². The van der Waals surface area contributed by atoms with Crippen molar-refractivity contribution in [2.45, 2.75) is 38.6 Å². The smallest absolute Gasteiger partial charge is 0.387 e. The SMILES string of the molecule is C=O.CNC1CC(c2c(C)cccc2OC(F)F)n2c1nc1ccc(-c3cnc4c(c3)CN(C)C4=O)cc12. The van der Waals surface area contributed by atoms with E-state index in [1.165, 1.54) is 0 Å². The van der Waals surface area contributed by atoms with Crippen LogP contribution < -0.4 is 10.1 Å². The molecule has 6 rings (SSSR count). The van der Waals surface area contributed by atoms with Crippen LogP contribution in [0.15, 0.2) is 48.7 Å². The number of nitrogens with one attached hydrogen (secondary N) is 1. The van der Waals surface area contributed by atoms with Gasteiger partial charge in [0.2, 0.25) is 0 Å². The second kappa shape index (κ2) is 9.94. The van der Waals surface area contributed by atoms with Gasteiger partial charge in [-0.3, -0.25) is 9.78 Å². The van der Waals surface area contributed by atoms with E-state index in [4.69, 9.17) is 14.5 Å². The number of fused-ring (bicyclic) bond motifs is 4.